The Labute approximate surface area is 190 Å². The van der Waals surface area contributed by atoms with Crippen LogP contribution in [0, 0.1) is 0 Å². The fourth-order valence-electron chi connectivity index (χ4n) is 2.06. The Morgan fingerprint density at radius 3 is 2.12 bits per heavy atom. The fourth-order valence-corrected chi connectivity index (χ4v) is 2.06. The molecule has 0 aliphatic rings. The summed E-state index contributed by atoms with van der Waals surface area (Å²) in [6.07, 6.45) is 1.91. The van der Waals surface area contributed by atoms with Crippen LogP contribution in [0.4, 0.5) is 0 Å². The summed E-state index contributed by atoms with van der Waals surface area (Å²) in [7, 11) is 0. The highest BCUT2D eigenvalue weighted by atomic mass is 16.5. The second-order valence-electron chi connectivity index (χ2n) is 7.32. The van der Waals surface area contributed by atoms with Crippen LogP contribution in [0.2, 0.25) is 0 Å². The van der Waals surface area contributed by atoms with Gasteiger partial charge in [-0.2, -0.15) is 0 Å². The molecule has 0 aromatic heterocycles. The molecule has 9 heteroatoms. The molecule has 0 spiro atoms. The summed E-state index contributed by atoms with van der Waals surface area (Å²) >= 11 is 0. The Hall–Kier alpha value is -2.46. The molecule has 0 saturated carbocycles. The molecule has 2 atom stereocenters. The van der Waals surface area contributed by atoms with Crippen molar-refractivity contribution < 1.29 is 39.1 Å². The highest BCUT2D eigenvalue weighted by Gasteiger charge is 2.06. The van der Waals surface area contributed by atoms with Crippen LogP contribution in [0.1, 0.15) is 39.7 Å². The molecule has 0 radical (unpaired) electrons. The zero-order valence-corrected chi connectivity index (χ0v) is 19.3. The van der Waals surface area contributed by atoms with Crippen molar-refractivity contribution in [2.45, 2.75) is 59.0 Å². The zero-order chi connectivity index (χ0) is 24.4. The summed E-state index contributed by atoms with van der Waals surface area (Å²) < 4.78 is 16.7. The maximum absolute atomic E-state index is 9.82. The molecule has 182 valence electrons. The standard InChI is InChI=1S/C19H33NO4.C4H4O4/c1-5-16(4)23-11-10-22-13-17-6-8-19(9-7-17)24-14-18(21)12-20-15(2)3;5-3(6)1-2-4(7)8/h6-9,15-16,18,20-21H,5,10-14H2,1-4H3;1-2H,(H,5,6)(H,7,8). The summed E-state index contributed by atoms with van der Waals surface area (Å²) in [6, 6.07) is 8.11. The number of carboxylic acids is 2. The Bertz CT molecular complexity index is 644. The molecule has 1 aromatic rings. The van der Waals surface area contributed by atoms with Gasteiger partial charge in [-0.3, -0.25) is 0 Å². The molecule has 32 heavy (non-hydrogen) atoms. The minimum atomic E-state index is -1.26. The first-order valence-electron chi connectivity index (χ1n) is 10.6. The monoisotopic (exact) mass is 455 g/mol. The minimum Gasteiger partial charge on any atom is -0.491 e. The molecule has 1 aromatic carbocycles. The van der Waals surface area contributed by atoms with Crippen LogP contribution in [0.15, 0.2) is 36.4 Å². The van der Waals surface area contributed by atoms with Crippen molar-refractivity contribution >= 4 is 11.9 Å². The summed E-state index contributed by atoms with van der Waals surface area (Å²) in [5.41, 5.74) is 1.09. The molecule has 0 aliphatic heterocycles. The van der Waals surface area contributed by atoms with Crippen LogP contribution < -0.4 is 10.1 Å². The zero-order valence-electron chi connectivity index (χ0n) is 19.3. The van der Waals surface area contributed by atoms with E-state index in [1.165, 1.54) is 0 Å². The molecule has 0 amide bonds. The summed E-state index contributed by atoms with van der Waals surface area (Å²) in [4.78, 5) is 19.1. The molecule has 9 nitrogen and oxygen atoms in total. The molecular formula is C23H37NO8. The maximum Gasteiger partial charge on any atom is 0.328 e. The molecule has 0 saturated heterocycles. The van der Waals surface area contributed by atoms with E-state index in [0.29, 0.717) is 44.6 Å². The highest BCUT2D eigenvalue weighted by Crippen LogP contribution is 2.13. The predicted molar refractivity (Wildman–Crippen MR) is 121 cm³/mol. The van der Waals surface area contributed by atoms with Gasteiger partial charge in [0.05, 0.1) is 25.9 Å². The topological polar surface area (TPSA) is 135 Å². The van der Waals surface area contributed by atoms with Gasteiger partial charge in [0.2, 0.25) is 0 Å². The van der Waals surface area contributed by atoms with E-state index in [2.05, 4.69) is 19.2 Å². The lowest BCUT2D eigenvalue weighted by Crippen LogP contribution is -2.35. The van der Waals surface area contributed by atoms with Gasteiger partial charge in [0.1, 0.15) is 18.5 Å². The molecule has 1 rings (SSSR count). The van der Waals surface area contributed by atoms with Gasteiger partial charge in [-0.25, -0.2) is 9.59 Å². The number of benzene rings is 1. The van der Waals surface area contributed by atoms with Crippen LogP contribution in [0.5, 0.6) is 5.75 Å². The quantitative estimate of drug-likeness (QED) is 0.232. The lowest BCUT2D eigenvalue weighted by Gasteiger charge is -2.15. The molecule has 0 fully saturated rings. The lowest BCUT2D eigenvalue weighted by molar-refractivity contribution is -0.134. The van der Waals surface area contributed by atoms with Crippen LogP contribution in [-0.4, -0.2) is 71.9 Å². The minimum absolute atomic E-state index is 0.280. The van der Waals surface area contributed by atoms with Crippen LogP contribution in [0.25, 0.3) is 0 Å². The second kappa shape index (κ2) is 18.1. The number of ether oxygens (including phenoxy) is 3. The smallest absolute Gasteiger partial charge is 0.328 e. The third-order valence-electron chi connectivity index (χ3n) is 3.97. The van der Waals surface area contributed by atoms with E-state index in [9.17, 15) is 14.7 Å². The van der Waals surface area contributed by atoms with Gasteiger partial charge in [0, 0.05) is 24.7 Å². The number of hydrogen-bond donors (Lipinski definition) is 4. The fraction of sp³-hybridized carbons (Fsp3) is 0.565. The maximum atomic E-state index is 9.82. The van der Waals surface area contributed by atoms with E-state index >= 15 is 0 Å². The van der Waals surface area contributed by atoms with Crippen molar-refractivity contribution in [3.05, 3.63) is 42.0 Å². The van der Waals surface area contributed by atoms with E-state index in [1.54, 1.807) is 0 Å². The lowest BCUT2D eigenvalue weighted by atomic mass is 10.2. The Balaban J connectivity index is 0.00000102. The molecule has 0 bridgehead atoms. The Morgan fingerprint density at radius 1 is 1.03 bits per heavy atom. The highest BCUT2D eigenvalue weighted by molar-refractivity contribution is 5.89. The van der Waals surface area contributed by atoms with Crippen molar-refractivity contribution in [1.29, 1.82) is 0 Å². The van der Waals surface area contributed by atoms with Crippen molar-refractivity contribution in [1.82, 2.24) is 5.32 Å². The molecule has 0 heterocycles. The number of hydrogen-bond acceptors (Lipinski definition) is 7. The number of carboxylic acid groups (broad SMARTS) is 2. The van der Waals surface area contributed by atoms with Gasteiger partial charge in [-0.05, 0) is 31.0 Å². The predicted octanol–water partition coefficient (Wildman–Crippen LogP) is 2.47. The first-order chi connectivity index (χ1) is 15.1. The van der Waals surface area contributed by atoms with Crippen molar-refractivity contribution in [3.63, 3.8) is 0 Å². The number of rotatable bonds is 15. The van der Waals surface area contributed by atoms with Crippen molar-refractivity contribution in [3.8, 4) is 5.75 Å². The first kappa shape index (κ1) is 29.5. The van der Waals surface area contributed by atoms with Crippen molar-refractivity contribution in [2.24, 2.45) is 0 Å². The number of carbonyl (C=O) groups is 2. The van der Waals surface area contributed by atoms with E-state index in [0.717, 1.165) is 17.7 Å². The van der Waals surface area contributed by atoms with Gasteiger partial charge in [0.15, 0.2) is 0 Å². The normalized spacial score (nSPS) is 12.8. The van der Waals surface area contributed by atoms with Crippen molar-refractivity contribution in [2.75, 3.05) is 26.4 Å². The van der Waals surface area contributed by atoms with Gasteiger partial charge in [-0.1, -0.05) is 32.9 Å². The van der Waals surface area contributed by atoms with Crippen LogP contribution in [-0.2, 0) is 25.7 Å². The Kier molecular flexibility index (Phi) is 16.7. The van der Waals surface area contributed by atoms with Gasteiger partial charge in [-0.15, -0.1) is 0 Å². The molecular weight excluding hydrogens is 418 g/mol. The van der Waals surface area contributed by atoms with Gasteiger partial charge < -0.3 is 34.8 Å². The second-order valence-corrected chi connectivity index (χ2v) is 7.32. The average molecular weight is 456 g/mol. The molecule has 2 unspecified atom stereocenters. The van der Waals surface area contributed by atoms with Gasteiger partial charge >= 0.3 is 11.9 Å². The van der Waals surface area contributed by atoms with E-state index in [-0.39, 0.29) is 12.7 Å². The third-order valence-corrected chi connectivity index (χ3v) is 3.97. The summed E-state index contributed by atoms with van der Waals surface area (Å²) in [5, 5.41) is 28.6. The number of aliphatic hydroxyl groups is 1. The van der Waals surface area contributed by atoms with Gasteiger partial charge in [0.25, 0.3) is 0 Å². The number of aliphatic carboxylic acids is 2. The summed E-state index contributed by atoms with van der Waals surface area (Å²) in [6.45, 7) is 10.9. The third kappa shape index (κ3) is 18.3. The van der Waals surface area contributed by atoms with E-state index in [1.807, 2.05) is 38.1 Å². The Morgan fingerprint density at radius 2 is 1.62 bits per heavy atom. The van der Waals surface area contributed by atoms with E-state index in [4.69, 9.17) is 24.4 Å². The number of nitrogens with one attached hydrogen (secondary N) is 1. The molecule has 4 N–H and O–H groups in total. The molecule has 0 aliphatic carbocycles. The summed E-state index contributed by atoms with van der Waals surface area (Å²) in [5.74, 6) is -1.76. The SMILES string of the molecule is CCC(C)OCCOCc1ccc(OCC(O)CNC(C)C)cc1.O=C(O)C=CC(=O)O. The van der Waals surface area contributed by atoms with E-state index < -0.39 is 18.0 Å². The largest absolute Gasteiger partial charge is 0.491 e. The first-order valence-corrected chi connectivity index (χ1v) is 10.6. The van der Waals surface area contributed by atoms with Crippen LogP contribution in [0.3, 0.4) is 0 Å². The van der Waals surface area contributed by atoms with Crippen LogP contribution >= 0.6 is 0 Å². The average Bonchev–Trinajstić information content (AvgIpc) is 2.75. The number of aliphatic hydroxyl groups excluding tert-OH is 1.